The molecule has 0 unspecified atom stereocenters. The smallest absolute Gasteiger partial charge is 0.235 e. The van der Waals surface area contributed by atoms with E-state index in [-0.39, 0.29) is 17.1 Å². The molecular formula is C9H8ClNO4. The second-order valence-electron chi connectivity index (χ2n) is 2.65. The molecule has 1 N–H and O–H groups in total. The molecule has 5 nitrogen and oxygen atoms in total. The Morgan fingerprint density at radius 2 is 2.27 bits per heavy atom. The van der Waals surface area contributed by atoms with Crippen LogP contribution < -0.4 is 4.74 Å². The van der Waals surface area contributed by atoms with Crippen LogP contribution in [0.15, 0.2) is 18.3 Å². The number of halogens is 1. The van der Waals surface area contributed by atoms with E-state index in [1.54, 1.807) is 0 Å². The van der Waals surface area contributed by atoms with Gasteiger partial charge in [-0.2, -0.15) is 0 Å². The molecule has 0 spiro atoms. The van der Waals surface area contributed by atoms with Crippen LogP contribution in [0.2, 0.25) is 5.02 Å². The third-order valence-electron chi connectivity index (χ3n) is 1.66. The lowest BCUT2D eigenvalue weighted by atomic mass is 10.2. The minimum Gasteiger partial charge on any atom is -0.504 e. The first kappa shape index (κ1) is 11.3. The van der Waals surface area contributed by atoms with Crippen LogP contribution in [-0.2, 0) is 0 Å². The molecule has 0 aliphatic rings. The quantitative estimate of drug-likeness (QED) is 0.638. The van der Waals surface area contributed by atoms with Crippen molar-refractivity contribution in [2.75, 3.05) is 7.11 Å². The number of methoxy groups -OCH3 is 1. The van der Waals surface area contributed by atoms with Crippen molar-refractivity contribution in [2.24, 2.45) is 0 Å². The Hall–Kier alpha value is -1.75. The van der Waals surface area contributed by atoms with Gasteiger partial charge in [0.15, 0.2) is 11.5 Å². The number of hydrogen-bond acceptors (Lipinski definition) is 4. The first-order valence-electron chi connectivity index (χ1n) is 3.93. The summed E-state index contributed by atoms with van der Waals surface area (Å²) in [6.45, 7) is 0. The van der Waals surface area contributed by atoms with Crippen molar-refractivity contribution in [3.63, 3.8) is 0 Å². The van der Waals surface area contributed by atoms with Gasteiger partial charge in [0.2, 0.25) is 6.20 Å². The largest absolute Gasteiger partial charge is 0.504 e. The van der Waals surface area contributed by atoms with Crippen molar-refractivity contribution < 1.29 is 14.8 Å². The predicted octanol–water partition coefficient (Wildman–Crippen LogP) is 2.30. The molecule has 15 heavy (non-hydrogen) atoms. The average Bonchev–Trinajstić information content (AvgIpc) is 2.18. The monoisotopic (exact) mass is 229 g/mol. The Kier molecular flexibility index (Phi) is 3.51. The molecule has 1 aromatic carbocycles. The van der Waals surface area contributed by atoms with E-state index < -0.39 is 4.92 Å². The highest BCUT2D eigenvalue weighted by molar-refractivity contribution is 6.31. The molecular weight excluding hydrogens is 222 g/mol. The van der Waals surface area contributed by atoms with Crippen LogP contribution in [0.4, 0.5) is 0 Å². The van der Waals surface area contributed by atoms with E-state index in [9.17, 15) is 15.2 Å². The summed E-state index contributed by atoms with van der Waals surface area (Å²) < 4.78 is 4.84. The number of nitrogens with zero attached hydrogens (tertiary/aromatic N) is 1. The minimum atomic E-state index is -0.632. The van der Waals surface area contributed by atoms with Gasteiger partial charge in [-0.3, -0.25) is 10.1 Å². The Balaban J connectivity index is 3.17. The van der Waals surface area contributed by atoms with Gasteiger partial charge in [-0.15, -0.1) is 0 Å². The van der Waals surface area contributed by atoms with Crippen molar-refractivity contribution >= 4 is 17.7 Å². The maximum Gasteiger partial charge on any atom is 0.235 e. The summed E-state index contributed by atoms with van der Waals surface area (Å²) in [5, 5.41) is 20.0. The summed E-state index contributed by atoms with van der Waals surface area (Å²) in [4.78, 5) is 9.46. The SMILES string of the molecule is COc1cc(Cl)cc(/C=C/[N+](=O)[O-])c1O. The minimum absolute atomic E-state index is 0.172. The second kappa shape index (κ2) is 4.65. The molecule has 1 aromatic rings. The van der Waals surface area contributed by atoms with Gasteiger partial charge in [0.1, 0.15) is 0 Å². The summed E-state index contributed by atoms with van der Waals surface area (Å²) in [7, 11) is 1.37. The first-order valence-corrected chi connectivity index (χ1v) is 4.30. The number of nitro groups is 1. The zero-order valence-electron chi connectivity index (χ0n) is 7.81. The van der Waals surface area contributed by atoms with Crippen LogP contribution in [0.25, 0.3) is 6.08 Å². The normalized spacial score (nSPS) is 10.5. The van der Waals surface area contributed by atoms with Gasteiger partial charge in [0.25, 0.3) is 0 Å². The van der Waals surface area contributed by atoms with E-state index >= 15 is 0 Å². The molecule has 0 heterocycles. The molecule has 0 atom stereocenters. The van der Waals surface area contributed by atoms with Gasteiger partial charge in [0, 0.05) is 22.7 Å². The zero-order chi connectivity index (χ0) is 11.4. The summed E-state index contributed by atoms with van der Waals surface area (Å²) in [6.07, 6.45) is 1.86. The van der Waals surface area contributed by atoms with Gasteiger partial charge >= 0.3 is 0 Å². The highest BCUT2D eigenvalue weighted by Gasteiger charge is 2.08. The molecule has 0 aromatic heterocycles. The zero-order valence-corrected chi connectivity index (χ0v) is 8.56. The van der Waals surface area contributed by atoms with Crippen molar-refractivity contribution in [3.8, 4) is 11.5 Å². The Morgan fingerprint density at radius 1 is 1.60 bits per heavy atom. The number of phenolic OH excluding ortho intramolecular Hbond substituents is 1. The number of hydrogen-bond donors (Lipinski definition) is 1. The maximum atomic E-state index is 10.1. The molecule has 1 rings (SSSR count). The van der Waals surface area contributed by atoms with E-state index in [0.29, 0.717) is 11.2 Å². The van der Waals surface area contributed by atoms with Gasteiger partial charge in [0.05, 0.1) is 12.0 Å². The molecule has 0 fully saturated rings. The van der Waals surface area contributed by atoms with E-state index in [1.165, 1.54) is 19.2 Å². The second-order valence-corrected chi connectivity index (χ2v) is 3.08. The van der Waals surface area contributed by atoms with E-state index in [4.69, 9.17) is 16.3 Å². The fourth-order valence-corrected chi connectivity index (χ4v) is 1.23. The van der Waals surface area contributed by atoms with Crippen molar-refractivity contribution in [2.45, 2.75) is 0 Å². The summed E-state index contributed by atoms with van der Waals surface area (Å²) in [5.41, 5.74) is 0.232. The summed E-state index contributed by atoms with van der Waals surface area (Å²) >= 11 is 5.72. The molecule has 6 heteroatoms. The summed E-state index contributed by atoms with van der Waals surface area (Å²) in [6, 6.07) is 2.82. The molecule has 0 saturated heterocycles. The number of ether oxygens (including phenoxy) is 1. The van der Waals surface area contributed by atoms with Gasteiger partial charge in [-0.05, 0) is 6.07 Å². The number of phenols is 1. The average molecular weight is 230 g/mol. The summed E-state index contributed by atoms with van der Waals surface area (Å²) in [5.74, 6) is -0.00880. The lowest BCUT2D eigenvalue weighted by Crippen LogP contribution is -1.87. The molecule has 80 valence electrons. The van der Waals surface area contributed by atoms with Crippen LogP contribution in [0.3, 0.4) is 0 Å². The van der Waals surface area contributed by atoms with E-state index in [1.807, 2.05) is 0 Å². The van der Waals surface area contributed by atoms with Gasteiger partial charge in [-0.25, -0.2) is 0 Å². The van der Waals surface area contributed by atoms with Gasteiger partial charge < -0.3 is 9.84 Å². The van der Waals surface area contributed by atoms with E-state index in [2.05, 4.69) is 0 Å². The third-order valence-corrected chi connectivity index (χ3v) is 1.88. The van der Waals surface area contributed by atoms with Crippen LogP contribution in [0, 0.1) is 10.1 Å². The highest BCUT2D eigenvalue weighted by atomic mass is 35.5. The number of benzene rings is 1. The first-order chi connectivity index (χ1) is 7.04. The van der Waals surface area contributed by atoms with Crippen molar-refractivity contribution in [1.29, 1.82) is 0 Å². The highest BCUT2D eigenvalue weighted by Crippen LogP contribution is 2.34. The lowest BCUT2D eigenvalue weighted by Gasteiger charge is -2.05. The standard InChI is InChI=1S/C9H8ClNO4/c1-15-8-5-7(10)4-6(9(8)12)2-3-11(13)14/h2-5,12H,1H3/b3-2+. The Bertz CT molecular complexity index is 417. The third kappa shape index (κ3) is 2.85. The van der Waals surface area contributed by atoms with E-state index in [0.717, 1.165) is 6.08 Å². The molecule has 0 radical (unpaired) electrons. The van der Waals surface area contributed by atoms with Crippen LogP contribution >= 0.6 is 11.6 Å². The lowest BCUT2D eigenvalue weighted by molar-refractivity contribution is -0.400. The Labute approximate surface area is 90.7 Å². The molecule has 0 saturated carbocycles. The van der Waals surface area contributed by atoms with Crippen molar-refractivity contribution in [3.05, 3.63) is 39.0 Å². The topological polar surface area (TPSA) is 72.6 Å². The van der Waals surface area contributed by atoms with Gasteiger partial charge in [-0.1, -0.05) is 11.6 Å². The maximum absolute atomic E-state index is 10.1. The predicted molar refractivity (Wildman–Crippen MR) is 55.7 cm³/mol. The number of rotatable bonds is 3. The molecule has 0 aliphatic heterocycles. The fourth-order valence-electron chi connectivity index (χ4n) is 1.02. The van der Waals surface area contributed by atoms with Crippen LogP contribution in [0.5, 0.6) is 11.5 Å². The molecule has 0 bridgehead atoms. The fraction of sp³-hybridized carbons (Fsp3) is 0.111. The Morgan fingerprint density at radius 3 is 2.80 bits per heavy atom. The molecule has 0 aliphatic carbocycles. The number of aromatic hydroxyl groups is 1. The molecule has 0 amide bonds. The van der Waals surface area contributed by atoms with Crippen LogP contribution in [0.1, 0.15) is 5.56 Å². The van der Waals surface area contributed by atoms with Crippen LogP contribution in [-0.4, -0.2) is 17.1 Å². The van der Waals surface area contributed by atoms with Crippen molar-refractivity contribution in [1.82, 2.24) is 0 Å².